The van der Waals surface area contributed by atoms with Gasteiger partial charge in [-0.2, -0.15) is 0 Å². The van der Waals surface area contributed by atoms with Crippen molar-refractivity contribution in [1.29, 1.82) is 0 Å². The van der Waals surface area contributed by atoms with Crippen LogP contribution in [0.3, 0.4) is 0 Å². The molecule has 0 N–H and O–H groups in total. The zero-order valence-corrected chi connectivity index (χ0v) is 8.24. The molecule has 0 spiro atoms. The fourth-order valence-corrected chi connectivity index (χ4v) is 1.52. The topological polar surface area (TPSA) is 0 Å². The molecule has 6 heteroatoms. The zero-order valence-electron chi connectivity index (χ0n) is 5.97. The smallest absolute Gasteiger partial charge is 0.196 e. The molecule has 0 saturated carbocycles. The van der Waals surface area contributed by atoms with Gasteiger partial charge in [-0.15, -0.1) is 11.6 Å². The predicted octanol–water partition coefficient (Wildman–Crippen LogP) is 4.15. The summed E-state index contributed by atoms with van der Waals surface area (Å²) in [5.41, 5.74) is -0.341. The second-order valence-corrected chi connectivity index (χ2v) is 3.21. The minimum atomic E-state index is -1.66. The first-order valence-corrected chi connectivity index (χ1v) is 4.36. The summed E-state index contributed by atoms with van der Waals surface area (Å²) in [4.78, 5) is 0. The Balaban J connectivity index is 3.56. The van der Waals surface area contributed by atoms with E-state index in [1.165, 1.54) is 0 Å². The minimum absolute atomic E-state index is 0.341. The molecule has 1 aromatic rings. The fourth-order valence-electron chi connectivity index (χ4n) is 0.768. The summed E-state index contributed by atoms with van der Waals surface area (Å²) in [6.07, 6.45) is 0. The Hall–Kier alpha value is -0.120. The van der Waals surface area contributed by atoms with Crippen LogP contribution in [0, 0.1) is 17.5 Å². The van der Waals surface area contributed by atoms with Crippen molar-refractivity contribution in [3.8, 4) is 0 Å². The highest BCUT2D eigenvalue weighted by molar-refractivity contribution is 6.42. The first-order chi connectivity index (χ1) is 6.00. The summed E-state index contributed by atoms with van der Waals surface area (Å²) < 4.78 is 38.2. The Labute approximate surface area is 87.2 Å². The molecule has 0 nitrogen and oxygen atoms in total. The van der Waals surface area contributed by atoms with Gasteiger partial charge in [0.1, 0.15) is 0 Å². The minimum Gasteiger partial charge on any atom is -0.203 e. The molecule has 0 saturated heterocycles. The summed E-state index contributed by atoms with van der Waals surface area (Å²) >= 11 is 15.9. The van der Waals surface area contributed by atoms with Gasteiger partial charge in [-0.25, -0.2) is 13.2 Å². The van der Waals surface area contributed by atoms with Crippen molar-refractivity contribution < 1.29 is 13.2 Å². The highest BCUT2D eigenvalue weighted by atomic mass is 35.5. The lowest BCUT2D eigenvalue weighted by molar-refractivity contribution is 0.443. The number of alkyl halides is 1. The molecule has 0 aliphatic carbocycles. The second-order valence-electron chi connectivity index (χ2n) is 2.18. The first kappa shape index (κ1) is 11.0. The average Bonchev–Trinajstić information content (AvgIpc) is 2.13. The van der Waals surface area contributed by atoms with Gasteiger partial charge < -0.3 is 0 Å². The molecule has 0 heterocycles. The fraction of sp³-hybridized carbons (Fsp3) is 0.143. The molecule has 72 valence electrons. The van der Waals surface area contributed by atoms with E-state index in [2.05, 4.69) is 0 Å². The summed E-state index contributed by atoms with van der Waals surface area (Å²) in [5, 5.41) is -1.05. The van der Waals surface area contributed by atoms with Crippen LogP contribution in [0.4, 0.5) is 13.2 Å². The van der Waals surface area contributed by atoms with Crippen LogP contribution in [-0.4, -0.2) is 0 Å². The van der Waals surface area contributed by atoms with Crippen LogP contribution < -0.4 is 0 Å². The Morgan fingerprint density at radius 1 is 0.846 bits per heavy atom. The van der Waals surface area contributed by atoms with E-state index < -0.39 is 27.5 Å². The molecule has 0 bridgehead atoms. The Bertz CT molecular complexity index is 322. The molecular formula is C7H2Cl3F3. The van der Waals surface area contributed by atoms with Gasteiger partial charge in [0.2, 0.25) is 0 Å². The maximum absolute atomic E-state index is 12.9. The predicted molar refractivity (Wildman–Crippen MR) is 45.9 cm³/mol. The Morgan fingerprint density at radius 3 is 1.85 bits per heavy atom. The van der Waals surface area contributed by atoms with Crippen LogP contribution in [0.25, 0.3) is 0 Å². The van der Waals surface area contributed by atoms with Gasteiger partial charge >= 0.3 is 0 Å². The van der Waals surface area contributed by atoms with Crippen molar-refractivity contribution in [3.05, 3.63) is 33.1 Å². The molecule has 1 rings (SSSR count). The monoisotopic (exact) mass is 248 g/mol. The Morgan fingerprint density at radius 2 is 1.38 bits per heavy atom. The molecular weight excluding hydrogens is 247 g/mol. The normalized spacial score (nSPS) is 10.6. The lowest BCUT2D eigenvalue weighted by atomic mass is 10.2. The maximum atomic E-state index is 12.9. The average molecular weight is 249 g/mol. The SMILES string of the molecule is Fc1c(F)c(Cl)c(Cl)c(CCl)c1F. The highest BCUT2D eigenvalue weighted by Crippen LogP contribution is 2.33. The van der Waals surface area contributed by atoms with E-state index in [1.54, 1.807) is 0 Å². The van der Waals surface area contributed by atoms with E-state index in [1.807, 2.05) is 0 Å². The molecule has 0 atom stereocenters. The third-order valence-electron chi connectivity index (χ3n) is 1.43. The Kier molecular flexibility index (Phi) is 3.33. The van der Waals surface area contributed by atoms with Crippen molar-refractivity contribution in [1.82, 2.24) is 0 Å². The molecule has 0 aromatic heterocycles. The molecule has 0 aliphatic heterocycles. The molecule has 0 radical (unpaired) electrons. The number of hydrogen-bond donors (Lipinski definition) is 0. The number of benzene rings is 1. The summed E-state index contributed by atoms with van der Waals surface area (Å²) in [6.45, 7) is 0. The van der Waals surface area contributed by atoms with Crippen LogP contribution in [-0.2, 0) is 5.88 Å². The second kappa shape index (κ2) is 3.95. The van der Waals surface area contributed by atoms with Gasteiger partial charge in [-0.05, 0) is 0 Å². The molecule has 1 aromatic carbocycles. The lowest BCUT2D eigenvalue weighted by Crippen LogP contribution is -1.98. The number of halogens is 6. The van der Waals surface area contributed by atoms with E-state index in [-0.39, 0.29) is 11.4 Å². The van der Waals surface area contributed by atoms with Crippen molar-refractivity contribution in [2.75, 3.05) is 0 Å². The summed E-state index contributed by atoms with van der Waals surface area (Å²) in [7, 11) is 0. The van der Waals surface area contributed by atoms with Gasteiger partial charge in [-0.3, -0.25) is 0 Å². The third kappa shape index (κ3) is 1.73. The lowest BCUT2D eigenvalue weighted by Gasteiger charge is -2.06. The van der Waals surface area contributed by atoms with Crippen molar-refractivity contribution in [3.63, 3.8) is 0 Å². The first-order valence-electron chi connectivity index (χ1n) is 3.07. The third-order valence-corrected chi connectivity index (χ3v) is 2.57. The van der Waals surface area contributed by atoms with Gasteiger partial charge in [0.05, 0.1) is 15.9 Å². The molecule has 13 heavy (non-hydrogen) atoms. The maximum Gasteiger partial charge on any atom is 0.196 e. The van der Waals surface area contributed by atoms with E-state index in [4.69, 9.17) is 34.8 Å². The van der Waals surface area contributed by atoms with Gasteiger partial charge in [0, 0.05) is 5.56 Å². The van der Waals surface area contributed by atoms with E-state index in [9.17, 15) is 13.2 Å². The van der Waals surface area contributed by atoms with Crippen molar-refractivity contribution in [2.45, 2.75) is 5.88 Å². The molecule has 0 amide bonds. The van der Waals surface area contributed by atoms with Gasteiger partial charge in [-0.1, -0.05) is 23.2 Å². The van der Waals surface area contributed by atoms with Crippen LogP contribution >= 0.6 is 34.8 Å². The van der Waals surface area contributed by atoms with E-state index in [0.29, 0.717) is 0 Å². The molecule has 0 unspecified atom stereocenters. The van der Waals surface area contributed by atoms with E-state index >= 15 is 0 Å². The van der Waals surface area contributed by atoms with Gasteiger partial charge in [0.15, 0.2) is 17.5 Å². The number of rotatable bonds is 1. The van der Waals surface area contributed by atoms with Crippen LogP contribution in [0.2, 0.25) is 10.0 Å². The van der Waals surface area contributed by atoms with Crippen LogP contribution in [0.5, 0.6) is 0 Å². The largest absolute Gasteiger partial charge is 0.203 e. The van der Waals surface area contributed by atoms with Crippen molar-refractivity contribution in [2.24, 2.45) is 0 Å². The molecule has 0 fully saturated rings. The molecule has 0 aliphatic rings. The van der Waals surface area contributed by atoms with Crippen molar-refractivity contribution >= 4 is 34.8 Å². The summed E-state index contributed by atoms with van der Waals surface area (Å²) in [6, 6.07) is 0. The van der Waals surface area contributed by atoms with Crippen LogP contribution in [0.15, 0.2) is 0 Å². The summed E-state index contributed by atoms with van der Waals surface area (Å²) in [5.74, 6) is -4.94. The highest BCUT2D eigenvalue weighted by Gasteiger charge is 2.21. The van der Waals surface area contributed by atoms with E-state index in [0.717, 1.165) is 0 Å². The van der Waals surface area contributed by atoms with Gasteiger partial charge in [0.25, 0.3) is 0 Å². The van der Waals surface area contributed by atoms with Crippen LogP contribution in [0.1, 0.15) is 5.56 Å². The zero-order chi connectivity index (χ0) is 10.2. The quantitative estimate of drug-likeness (QED) is 0.398. The number of hydrogen-bond acceptors (Lipinski definition) is 0. The standard InChI is InChI=1S/C7H2Cl3F3/c8-1-2-3(9)4(10)6(12)7(13)5(2)11/h1H2.